The molecule has 27 heavy (non-hydrogen) atoms. The number of carboxylic acid groups (broad SMARTS) is 1. The third-order valence-electron chi connectivity index (χ3n) is 4.51. The molecule has 1 N–H and O–H groups in total. The number of imidazole rings is 1. The Balaban J connectivity index is 1.99. The minimum absolute atomic E-state index is 0.150. The van der Waals surface area contributed by atoms with Crippen LogP contribution < -0.4 is 0 Å². The van der Waals surface area contributed by atoms with Crippen molar-refractivity contribution in [1.29, 1.82) is 0 Å². The van der Waals surface area contributed by atoms with Crippen LogP contribution in [0.3, 0.4) is 0 Å². The van der Waals surface area contributed by atoms with Crippen molar-refractivity contribution in [2.24, 2.45) is 4.99 Å². The molecule has 136 valence electrons. The minimum atomic E-state index is -0.924. The highest BCUT2D eigenvalue weighted by atomic mass is 35.5. The van der Waals surface area contributed by atoms with Gasteiger partial charge in [0.15, 0.2) is 0 Å². The van der Waals surface area contributed by atoms with Crippen LogP contribution in [0.4, 0.5) is 0 Å². The molecule has 2 heterocycles. The summed E-state index contributed by atoms with van der Waals surface area (Å²) in [5.41, 5.74) is 4.50. The molecule has 4 rings (SSSR count). The van der Waals surface area contributed by atoms with Crippen LogP contribution in [-0.2, 0) is 17.8 Å². The van der Waals surface area contributed by atoms with E-state index in [1.54, 1.807) is 6.07 Å². The van der Waals surface area contributed by atoms with Crippen molar-refractivity contribution < 1.29 is 9.90 Å². The molecule has 2 aromatic carbocycles. The van der Waals surface area contributed by atoms with Gasteiger partial charge in [0.1, 0.15) is 5.82 Å². The molecular weight excluding hydrogens is 385 g/mol. The first kappa shape index (κ1) is 17.8. The van der Waals surface area contributed by atoms with Gasteiger partial charge in [-0.2, -0.15) is 0 Å². The molecule has 1 aromatic heterocycles. The van der Waals surface area contributed by atoms with Gasteiger partial charge < -0.3 is 5.11 Å². The first-order valence-electron chi connectivity index (χ1n) is 8.34. The molecule has 3 aromatic rings. The number of halogens is 2. The number of carboxylic acids is 1. The summed E-state index contributed by atoms with van der Waals surface area (Å²) >= 11 is 12.7. The van der Waals surface area contributed by atoms with Crippen LogP contribution in [-0.4, -0.2) is 26.3 Å². The molecule has 0 bridgehead atoms. The van der Waals surface area contributed by atoms with Gasteiger partial charge in [-0.25, -0.2) is 4.98 Å². The largest absolute Gasteiger partial charge is 0.481 e. The fourth-order valence-electron chi connectivity index (χ4n) is 3.42. The third-order valence-corrected chi connectivity index (χ3v) is 5.08. The van der Waals surface area contributed by atoms with Crippen molar-refractivity contribution in [3.05, 3.63) is 80.8 Å². The fourth-order valence-corrected chi connectivity index (χ4v) is 3.81. The minimum Gasteiger partial charge on any atom is -0.481 e. The van der Waals surface area contributed by atoms with Crippen LogP contribution >= 0.6 is 23.2 Å². The molecule has 0 atom stereocenters. The molecule has 1 aliphatic heterocycles. The number of fused-ring (bicyclic) bond motifs is 3. The Bertz CT molecular complexity index is 1100. The second-order valence-corrected chi connectivity index (χ2v) is 7.11. The molecule has 1 aliphatic rings. The number of rotatable bonds is 3. The summed E-state index contributed by atoms with van der Waals surface area (Å²) in [6.45, 7) is 2.16. The maximum Gasteiger partial charge on any atom is 0.309 e. The number of aliphatic imine (C=N–C) groups is 1. The van der Waals surface area contributed by atoms with Crippen LogP contribution in [0.25, 0.3) is 5.69 Å². The summed E-state index contributed by atoms with van der Waals surface area (Å²) in [7, 11) is 0. The van der Waals surface area contributed by atoms with Crippen LogP contribution in [0.15, 0.2) is 47.5 Å². The lowest BCUT2D eigenvalue weighted by molar-refractivity contribution is -0.136. The Kier molecular flexibility index (Phi) is 4.50. The Morgan fingerprint density at radius 3 is 2.70 bits per heavy atom. The van der Waals surface area contributed by atoms with E-state index in [9.17, 15) is 9.90 Å². The van der Waals surface area contributed by atoms with E-state index in [1.165, 1.54) is 0 Å². The van der Waals surface area contributed by atoms with Crippen LogP contribution in [0.1, 0.15) is 28.3 Å². The van der Waals surface area contributed by atoms with Gasteiger partial charge in [0, 0.05) is 21.2 Å². The zero-order valence-electron chi connectivity index (χ0n) is 14.4. The highest BCUT2D eigenvalue weighted by molar-refractivity contribution is 6.36. The molecule has 7 heteroatoms. The first-order chi connectivity index (χ1) is 13.0. The molecule has 0 aliphatic carbocycles. The number of aromatic nitrogens is 2. The zero-order valence-corrected chi connectivity index (χ0v) is 15.9. The lowest BCUT2D eigenvalue weighted by Gasteiger charge is -2.14. The lowest BCUT2D eigenvalue weighted by atomic mass is 10.0. The predicted molar refractivity (Wildman–Crippen MR) is 105 cm³/mol. The Morgan fingerprint density at radius 2 is 1.96 bits per heavy atom. The summed E-state index contributed by atoms with van der Waals surface area (Å²) in [6.07, 6.45) is -0.150. The Labute approximate surface area is 165 Å². The second kappa shape index (κ2) is 6.83. The van der Waals surface area contributed by atoms with Crippen molar-refractivity contribution in [2.75, 3.05) is 0 Å². The molecule has 0 unspecified atom stereocenters. The number of hydrogen-bond acceptors (Lipinski definition) is 3. The average Bonchev–Trinajstić information content (AvgIpc) is 2.82. The predicted octanol–water partition coefficient (Wildman–Crippen LogP) is 4.47. The van der Waals surface area contributed by atoms with E-state index in [4.69, 9.17) is 28.2 Å². The van der Waals surface area contributed by atoms with Gasteiger partial charge in [0.25, 0.3) is 0 Å². The van der Waals surface area contributed by atoms with E-state index in [1.807, 2.05) is 47.9 Å². The maximum absolute atomic E-state index is 11.3. The van der Waals surface area contributed by atoms with Crippen LogP contribution in [0, 0.1) is 6.92 Å². The van der Waals surface area contributed by atoms with Crippen molar-refractivity contribution in [2.45, 2.75) is 19.9 Å². The van der Waals surface area contributed by atoms with Crippen molar-refractivity contribution >= 4 is 34.9 Å². The van der Waals surface area contributed by atoms with Gasteiger partial charge in [-0.1, -0.05) is 41.4 Å². The fraction of sp³-hybridized carbons (Fsp3) is 0.150. The molecule has 0 fully saturated rings. The molecular formula is C20H15Cl2N3O2. The van der Waals surface area contributed by atoms with E-state index in [2.05, 4.69) is 4.98 Å². The topological polar surface area (TPSA) is 67.5 Å². The molecule has 0 spiro atoms. The van der Waals surface area contributed by atoms with E-state index in [0.29, 0.717) is 28.1 Å². The summed E-state index contributed by atoms with van der Waals surface area (Å²) in [5, 5.41) is 10.4. The number of aliphatic carboxylic acids is 1. The smallest absolute Gasteiger partial charge is 0.309 e. The zero-order chi connectivity index (χ0) is 19.1. The second-order valence-electron chi connectivity index (χ2n) is 6.26. The first-order valence-corrected chi connectivity index (χ1v) is 9.10. The number of hydrogen-bond donors (Lipinski definition) is 1. The van der Waals surface area contributed by atoms with Gasteiger partial charge in [0.05, 0.1) is 35.8 Å². The lowest BCUT2D eigenvalue weighted by Crippen LogP contribution is -2.09. The molecule has 0 radical (unpaired) electrons. The number of nitrogens with zero attached hydrogens (tertiary/aromatic N) is 3. The van der Waals surface area contributed by atoms with Gasteiger partial charge in [-0.15, -0.1) is 0 Å². The van der Waals surface area contributed by atoms with Crippen molar-refractivity contribution in [3.8, 4) is 5.69 Å². The number of carbonyl (C=O) groups is 1. The Hall–Kier alpha value is -2.63. The summed E-state index contributed by atoms with van der Waals surface area (Å²) < 4.78 is 1.96. The normalized spacial score (nSPS) is 12.8. The van der Waals surface area contributed by atoms with Gasteiger partial charge in [-0.05, 0) is 31.2 Å². The van der Waals surface area contributed by atoms with E-state index >= 15 is 0 Å². The molecule has 5 nitrogen and oxygen atoms in total. The van der Waals surface area contributed by atoms with Crippen molar-refractivity contribution in [1.82, 2.24) is 9.55 Å². The van der Waals surface area contributed by atoms with E-state index in [0.717, 1.165) is 28.2 Å². The highest BCUT2D eigenvalue weighted by Crippen LogP contribution is 2.32. The maximum atomic E-state index is 11.3. The van der Waals surface area contributed by atoms with Crippen LogP contribution in [0.2, 0.25) is 10.0 Å². The Morgan fingerprint density at radius 1 is 1.19 bits per heavy atom. The highest BCUT2D eigenvalue weighted by Gasteiger charge is 2.25. The molecule has 0 amide bonds. The molecule has 0 saturated heterocycles. The third kappa shape index (κ3) is 3.13. The van der Waals surface area contributed by atoms with Gasteiger partial charge in [0.2, 0.25) is 0 Å². The SMILES string of the molecule is Cc1nc(CC(=O)O)c2n1-c1ccc(Cl)cc1C(c1ccccc1Cl)=NC2. The average molecular weight is 400 g/mol. The quantitative estimate of drug-likeness (QED) is 0.706. The monoisotopic (exact) mass is 399 g/mol. The van der Waals surface area contributed by atoms with E-state index < -0.39 is 5.97 Å². The standard InChI is InChI=1S/C20H15Cl2N3O2/c1-11-24-16(9-19(26)27)18-10-23-20(13-4-2-3-5-15(13)22)14-8-12(21)6-7-17(14)25(11)18/h2-8H,9-10H2,1H3,(H,26,27). The van der Waals surface area contributed by atoms with E-state index in [-0.39, 0.29) is 6.42 Å². The summed E-state index contributed by atoms with van der Waals surface area (Å²) in [4.78, 5) is 20.5. The number of benzene rings is 2. The van der Waals surface area contributed by atoms with Crippen LogP contribution in [0.5, 0.6) is 0 Å². The summed E-state index contributed by atoms with van der Waals surface area (Å²) in [6, 6.07) is 13.1. The van der Waals surface area contributed by atoms with Crippen molar-refractivity contribution in [3.63, 3.8) is 0 Å². The summed E-state index contributed by atoms with van der Waals surface area (Å²) in [5.74, 6) is -0.216. The molecule has 0 saturated carbocycles. The van der Waals surface area contributed by atoms with Gasteiger partial charge >= 0.3 is 5.97 Å². The van der Waals surface area contributed by atoms with Gasteiger partial charge in [-0.3, -0.25) is 14.4 Å². The number of aryl methyl sites for hydroxylation is 1.